The highest BCUT2D eigenvalue weighted by Crippen LogP contribution is 2.46. The number of halogens is 1. The van der Waals surface area contributed by atoms with Crippen molar-refractivity contribution in [2.75, 3.05) is 13.1 Å². The normalized spacial score (nSPS) is 25.1. The van der Waals surface area contributed by atoms with Crippen LogP contribution in [0.4, 0.5) is 4.39 Å². The van der Waals surface area contributed by atoms with Crippen LogP contribution in [0.15, 0.2) is 24.3 Å². The van der Waals surface area contributed by atoms with Crippen LogP contribution < -0.4 is 5.32 Å². The van der Waals surface area contributed by atoms with Crippen LogP contribution in [0.1, 0.15) is 42.7 Å². The molecule has 2 aliphatic carbocycles. The Morgan fingerprint density at radius 3 is 2.67 bits per heavy atom. The first-order valence-corrected chi connectivity index (χ1v) is 6.99. The fourth-order valence-corrected chi connectivity index (χ4v) is 3.34. The third kappa shape index (κ3) is 1.55. The second-order valence-electron chi connectivity index (χ2n) is 6.12. The molecule has 0 aromatic heterocycles. The molecule has 1 aromatic rings. The SMILES string of the molecule is Fc1c(C2=CC3(CC2)CNC3)cccc1C1CC1. The summed E-state index contributed by atoms with van der Waals surface area (Å²) in [6.07, 6.45) is 6.87. The molecule has 1 N–H and O–H groups in total. The van der Waals surface area contributed by atoms with E-state index in [1.165, 1.54) is 12.0 Å². The molecule has 1 spiro atoms. The summed E-state index contributed by atoms with van der Waals surface area (Å²) >= 11 is 0. The molecule has 18 heavy (non-hydrogen) atoms. The maximum absolute atomic E-state index is 14.5. The number of allylic oxidation sites excluding steroid dienone is 1. The third-order valence-electron chi connectivity index (χ3n) is 4.72. The van der Waals surface area contributed by atoms with E-state index in [1.807, 2.05) is 18.2 Å². The van der Waals surface area contributed by atoms with Crippen molar-refractivity contribution in [1.29, 1.82) is 0 Å². The highest BCUT2D eigenvalue weighted by Gasteiger charge is 2.39. The van der Waals surface area contributed by atoms with Crippen molar-refractivity contribution in [2.45, 2.75) is 31.6 Å². The Labute approximate surface area is 107 Å². The molecule has 0 radical (unpaired) electrons. The van der Waals surface area contributed by atoms with Gasteiger partial charge in [-0.25, -0.2) is 4.39 Å². The molecule has 2 heteroatoms. The third-order valence-corrected chi connectivity index (χ3v) is 4.72. The molecule has 1 saturated heterocycles. The minimum absolute atomic E-state index is 0.0515. The Hall–Kier alpha value is -1.15. The fraction of sp³-hybridized carbons (Fsp3) is 0.500. The quantitative estimate of drug-likeness (QED) is 0.838. The Balaban J connectivity index is 1.72. The summed E-state index contributed by atoms with van der Waals surface area (Å²) in [6.45, 7) is 2.14. The lowest BCUT2D eigenvalue weighted by molar-refractivity contribution is 0.236. The molecule has 94 valence electrons. The molecule has 0 unspecified atom stereocenters. The standard InChI is InChI=1S/C16H18FN/c17-15-13(11-4-5-11)2-1-3-14(15)12-6-7-16(8-12)9-18-10-16/h1-3,8,11,18H,4-7,9-10H2. The average molecular weight is 243 g/mol. The molecular weight excluding hydrogens is 225 g/mol. The molecular formula is C16H18FN. The van der Waals surface area contributed by atoms with Gasteiger partial charge in [0.25, 0.3) is 0 Å². The van der Waals surface area contributed by atoms with Gasteiger partial charge in [0.1, 0.15) is 5.82 Å². The van der Waals surface area contributed by atoms with Gasteiger partial charge in [0.2, 0.25) is 0 Å². The van der Waals surface area contributed by atoms with Crippen molar-refractivity contribution in [3.8, 4) is 0 Å². The molecule has 0 atom stereocenters. The molecule has 3 aliphatic rings. The molecule has 1 nitrogen and oxygen atoms in total. The molecule has 4 rings (SSSR count). The van der Waals surface area contributed by atoms with Gasteiger partial charge in [0, 0.05) is 24.1 Å². The Bertz CT molecular complexity index is 524. The zero-order valence-electron chi connectivity index (χ0n) is 10.5. The van der Waals surface area contributed by atoms with Gasteiger partial charge in [-0.2, -0.15) is 0 Å². The lowest BCUT2D eigenvalue weighted by atomic mass is 9.82. The molecule has 0 bridgehead atoms. The van der Waals surface area contributed by atoms with E-state index in [-0.39, 0.29) is 5.82 Å². The van der Waals surface area contributed by atoms with Crippen molar-refractivity contribution >= 4 is 5.57 Å². The van der Waals surface area contributed by atoms with Crippen LogP contribution in [0, 0.1) is 11.2 Å². The zero-order valence-corrected chi connectivity index (χ0v) is 10.5. The van der Waals surface area contributed by atoms with E-state index in [9.17, 15) is 4.39 Å². The summed E-state index contributed by atoms with van der Waals surface area (Å²) in [4.78, 5) is 0. The summed E-state index contributed by atoms with van der Waals surface area (Å²) in [5, 5.41) is 3.33. The maximum Gasteiger partial charge on any atom is 0.134 e. The van der Waals surface area contributed by atoms with Gasteiger partial charge in [0.05, 0.1) is 0 Å². The first kappa shape index (κ1) is 10.7. The maximum atomic E-state index is 14.5. The van der Waals surface area contributed by atoms with Crippen LogP contribution in [0.25, 0.3) is 5.57 Å². The smallest absolute Gasteiger partial charge is 0.134 e. The monoisotopic (exact) mass is 243 g/mol. The van der Waals surface area contributed by atoms with E-state index in [4.69, 9.17) is 0 Å². The van der Waals surface area contributed by atoms with E-state index in [2.05, 4.69) is 11.4 Å². The van der Waals surface area contributed by atoms with Crippen LogP contribution >= 0.6 is 0 Å². The molecule has 1 aromatic carbocycles. The second-order valence-corrected chi connectivity index (χ2v) is 6.12. The van der Waals surface area contributed by atoms with Gasteiger partial charge < -0.3 is 5.32 Å². The van der Waals surface area contributed by atoms with E-state index in [0.29, 0.717) is 11.3 Å². The van der Waals surface area contributed by atoms with Crippen LogP contribution in [-0.2, 0) is 0 Å². The lowest BCUT2D eigenvalue weighted by Crippen LogP contribution is -2.50. The molecule has 1 saturated carbocycles. The van der Waals surface area contributed by atoms with Gasteiger partial charge in [-0.3, -0.25) is 0 Å². The molecule has 1 heterocycles. The van der Waals surface area contributed by atoms with Gasteiger partial charge in [-0.15, -0.1) is 0 Å². The summed E-state index contributed by atoms with van der Waals surface area (Å²) in [5.74, 6) is 0.543. The summed E-state index contributed by atoms with van der Waals surface area (Å²) in [5.41, 5.74) is 3.39. The van der Waals surface area contributed by atoms with Gasteiger partial charge >= 0.3 is 0 Å². The van der Waals surface area contributed by atoms with Crippen molar-refractivity contribution in [2.24, 2.45) is 5.41 Å². The van der Waals surface area contributed by atoms with E-state index in [1.54, 1.807) is 0 Å². The van der Waals surface area contributed by atoms with Gasteiger partial charge in [-0.1, -0.05) is 24.3 Å². The predicted molar refractivity (Wildman–Crippen MR) is 70.9 cm³/mol. The minimum Gasteiger partial charge on any atom is -0.315 e. The molecule has 2 fully saturated rings. The summed E-state index contributed by atoms with van der Waals surface area (Å²) in [6, 6.07) is 5.95. The number of benzene rings is 1. The summed E-state index contributed by atoms with van der Waals surface area (Å²) < 4.78 is 14.5. The fourth-order valence-electron chi connectivity index (χ4n) is 3.34. The topological polar surface area (TPSA) is 12.0 Å². The van der Waals surface area contributed by atoms with E-state index >= 15 is 0 Å². The predicted octanol–water partition coefficient (Wildman–Crippen LogP) is 3.47. The van der Waals surface area contributed by atoms with Crippen LogP contribution in [0.3, 0.4) is 0 Å². The second kappa shape index (κ2) is 3.67. The van der Waals surface area contributed by atoms with Crippen LogP contribution in [-0.4, -0.2) is 13.1 Å². The average Bonchev–Trinajstić information content (AvgIpc) is 3.06. The first-order valence-electron chi connectivity index (χ1n) is 6.99. The number of hydrogen-bond donors (Lipinski definition) is 1. The van der Waals surface area contributed by atoms with E-state index < -0.39 is 0 Å². The highest BCUT2D eigenvalue weighted by molar-refractivity contribution is 5.70. The van der Waals surface area contributed by atoms with Crippen molar-refractivity contribution in [3.05, 3.63) is 41.2 Å². The molecule has 1 aliphatic heterocycles. The summed E-state index contributed by atoms with van der Waals surface area (Å²) in [7, 11) is 0. The zero-order chi connectivity index (χ0) is 12.2. The Morgan fingerprint density at radius 1 is 1.22 bits per heavy atom. The minimum atomic E-state index is 0.0515. The molecule has 0 amide bonds. The Kier molecular flexibility index (Phi) is 2.19. The van der Waals surface area contributed by atoms with E-state index in [0.717, 1.165) is 43.5 Å². The van der Waals surface area contributed by atoms with Gasteiger partial charge in [0.15, 0.2) is 0 Å². The lowest BCUT2D eigenvalue weighted by Gasteiger charge is -2.37. The van der Waals surface area contributed by atoms with Crippen LogP contribution in [0.2, 0.25) is 0 Å². The van der Waals surface area contributed by atoms with Crippen molar-refractivity contribution in [1.82, 2.24) is 5.32 Å². The van der Waals surface area contributed by atoms with Crippen LogP contribution in [0.5, 0.6) is 0 Å². The Morgan fingerprint density at radius 2 is 2.06 bits per heavy atom. The van der Waals surface area contributed by atoms with Crippen molar-refractivity contribution < 1.29 is 4.39 Å². The largest absolute Gasteiger partial charge is 0.315 e. The number of rotatable bonds is 2. The highest BCUT2D eigenvalue weighted by atomic mass is 19.1. The first-order chi connectivity index (χ1) is 8.77. The number of hydrogen-bond acceptors (Lipinski definition) is 1. The van der Waals surface area contributed by atoms with Gasteiger partial charge in [-0.05, 0) is 42.7 Å². The van der Waals surface area contributed by atoms with Crippen molar-refractivity contribution in [3.63, 3.8) is 0 Å². The number of nitrogens with one attached hydrogen (secondary N) is 1.